The van der Waals surface area contributed by atoms with Gasteiger partial charge in [0.15, 0.2) is 11.6 Å². The SMILES string of the molecule is Cn1c(C(=O)Cc2cccc(-c3cccc(NC(=O)c4nc5c(n4C)CCN(CCC4CCC(C(=O)O)CC4)C5)c3Cl)c2Cl)nc2c1CCNC2. The number of carboxylic acid groups (broad SMARTS) is 1. The van der Waals surface area contributed by atoms with Gasteiger partial charge in [-0.05, 0) is 56.2 Å². The van der Waals surface area contributed by atoms with Crippen LogP contribution >= 0.6 is 23.2 Å². The van der Waals surface area contributed by atoms with Crippen molar-refractivity contribution < 1.29 is 19.5 Å². The third-order valence-electron chi connectivity index (χ3n) is 10.9. The Balaban J connectivity index is 1.02. The number of amides is 1. The molecule has 0 spiro atoms. The smallest absolute Gasteiger partial charge is 0.306 e. The number of hydrogen-bond donors (Lipinski definition) is 3. The lowest BCUT2D eigenvalue weighted by molar-refractivity contribution is -0.143. The van der Waals surface area contributed by atoms with Gasteiger partial charge in [0, 0.05) is 82.1 Å². The number of nitrogens with zero attached hydrogens (tertiary/aromatic N) is 5. The maximum Gasteiger partial charge on any atom is 0.306 e. The van der Waals surface area contributed by atoms with Crippen molar-refractivity contribution in [1.29, 1.82) is 0 Å². The molecule has 7 rings (SSSR count). The van der Waals surface area contributed by atoms with Gasteiger partial charge in [0.1, 0.15) is 0 Å². The van der Waals surface area contributed by atoms with Crippen LogP contribution in [0, 0.1) is 11.8 Å². The number of carbonyl (C=O) groups excluding carboxylic acids is 2. The molecule has 51 heavy (non-hydrogen) atoms. The zero-order valence-electron chi connectivity index (χ0n) is 29.0. The van der Waals surface area contributed by atoms with Gasteiger partial charge in [0.2, 0.25) is 5.78 Å². The van der Waals surface area contributed by atoms with Crippen LogP contribution in [0.25, 0.3) is 11.1 Å². The second-order valence-corrected chi connectivity index (χ2v) is 14.8. The average Bonchev–Trinajstić information content (AvgIpc) is 3.65. The molecular formula is C38H43Cl2N7O4. The highest BCUT2D eigenvalue weighted by atomic mass is 35.5. The van der Waals surface area contributed by atoms with Crippen LogP contribution in [0.4, 0.5) is 5.69 Å². The zero-order chi connectivity index (χ0) is 35.8. The number of fused-ring (bicyclic) bond motifs is 2. The highest BCUT2D eigenvalue weighted by Gasteiger charge is 2.29. The first-order valence-corrected chi connectivity index (χ1v) is 18.5. The molecular weight excluding hydrogens is 689 g/mol. The highest BCUT2D eigenvalue weighted by molar-refractivity contribution is 6.39. The number of rotatable bonds is 10. The van der Waals surface area contributed by atoms with Crippen LogP contribution in [0.15, 0.2) is 36.4 Å². The molecule has 0 saturated heterocycles. The first-order chi connectivity index (χ1) is 24.6. The van der Waals surface area contributed by atoms with Crippen LogP contribution in [0.2, 0.25) is 10.0 Å². The summed E-state index contributed by atoms with van der Waals surface area (Å²) in [6, 6.07) is 10.9. The van der Waals surface area contributed by atoms with E-state index < -0.39 is 5.97 Å². The summed E-state index contributed by atoms with van der Waals surface area (Å²) in [5.41, 5.74) is 6.36. The number of Topliss-reactive ketones (excluding diaryl/α,β-unsaturated/α-hetero) is 1. The minimum atomic E-state index is -0.668. The second kappa shape index (κ2) is 14.9. The van der Waals surface area contributed by atoms with Crippen molar-refractivity contribution in [3.05, 3.63) is 86.4 Å². The first-order valence-electron chi connectivity index (χ1n) is 17.7. The molecule has 2 aromatic heterocycles. The van der Waals surface area contributed by atoms with Crippen molar-refractivity contribution in [1.82, 2.24) is 29.3 Å². The molecule has 0 unspecified atom stereocenters. The summed E-state index contributed by atoms with van der Waals surface area (Å²) in [7, 11) is 3.76. The summed E-state index contributed by atoms with van der Waals surface area (Å²) < 4.78 is 3.77. The van der Waals surface area contributed by atoms with E-state index in [9.17, 15) is 19.5 Å². The van der Waals surface area contributed by atoms with Gasteiger partial charge in [0.25, 0.3) is 5.91 Å². The largest absolute Gasteiger partial charge is 0.481 e. The number of carboxylic acids is 1. The number of benzene rings is 2. The van der Waals surface area contributed by atoms with E-state index in [4.69, 9.17) is 28.2 Å². The molecule has 11 nitrogen and oxygen atoms in total. The monoisotopic (exact) mass is 731 g/mol. The van der Waals surface area contributed by atoms with Crippen molar-refractivity contribution >= 4 is 46.5 Å². The third-order valence-corrected chi connectivity index (χ3v) is 11.8. The molecule has 3 N–H and O–H groups in total. The van der Waals surface area contributed by atoms with Crippen LogP contribution in [-0.4, -0.2) is 66.4 Å². The van der Waals surface area contributed by atoms with Crippen LogP contribution < -0.4 is 10.6 Å². The van der Waals surface area contributed by atoms with Gasteiger partial charge in [-0.25, -0.2) is 9.97 Å². The molecule has 1 aliphatic carbocycles. The van der Waals surface area contributed by atoms with Gasteiger partial charge in [0.05, 0.1) is 33.0 Å². The van der Waals surface area contributed by atoms with Crippen molar-refractivity contribution in [3.63, 3.8) is 0 Å². The number of imidazole rings is 2. The fourth-order valence-corrected chi connectivity index (χ4v) is 8.51. The Morgan fingerprint density at radius 1 is 0.902 bits per heavy atom. The topological polar surface area (TPSA) is 134 Å². The molecule has 3 aliphatic rings. The van der Waals surface area contributed by atoms with Gasteiger partial charge >= 0.3 is 5.97 Å². The minimum absolute atomic E-state index is 0.0902. The number of halogens is 2. The predicted octanol–water partition coefficient (Wildman–Crippen LogP) is 6.09. The molecule has 4 heterocycles. The van der Waals surface area contributed by atoms with E-state index in [0.29, 0.717) is 63.1 Å². The Morgan fingerprint density at radius 2 is 1.59 bits per heavy atom. The van der Waals surface area contributed by atoms with E-state index >= 15 is 0 Å². The molecule has 1 amide bonds. The molecule has 4 aromatic rings. The molecule has 0 atom stereocenters. The van der Waals surface area contributed by atoms with Gasteiger partial charge in [-0.15, -0.1) is 0 Å². The van der Waals surface area contributed by atoms with E-state index in [-0.39, 0.29) is 24.0 Å². The molecule has 268 valence electrons. The van der Waals surface area contributed by atoms with Crippen LogP contribution in [-0.2, 0) is 51.2 Å². The number of nitrogens with one attached hydrogen (secondary N) is 2. The van der Waals surface area contributed by atoms with Gasteiger partial charge in [-0.3, -0.25) is 19.3 Å². The summed E-state index contributed by atoms with van der Waals surface area (Å²) >= 11 is 13.9. The normalized spacial score (nSPS) is 19.0. The lowest BCUT2D eigenvalue weighted by Crippen LogP contribution is -2.33. The Labute approximate surface area is 307 Å². The summed E-state index contributed by atoms with van der Waals surface area (Å²) in [6.07, 6.45) is 6.23. The summed E-state index contributed by atoms with van der Waals surface area (Å²) in [6.45, 7) is 4.01. The van der Waals surface area contributed by atoms with Gasteiger partial charge in [-0.2, -0.15) is 0 Å². The first kappa shape index (κ1) is 35.4. The molecule has 0 radical (unpaired) electrons. The summed E-state index contributed by atoms with van der Waals surface area (Å²) in [5.74, 6) is -0.0264. The van der Waals surface area contributed by atoms with E-state index in [1.54, 1.807) is 6.07 Å². The number of ketones is 1. The summed E-state index contributed by atoms with van der Waals surface area (Å²) in [5, 5.41) is 16.3. The maximum absolute atomic E-state index is 13.6. The number of carbonyl (C=O) groups is 3. The fraction of sp³-hybridized carbons (Fsp3) is 0.447. The number of aliphatic carboxylic acids is 1. The van der Waals surface area contributed by atoms with Crippen molar-refractivity contribution in [2.75, 3.05) is 25.0 Å². The molecule has 1 fully saturated rings. The lowest BCUT2D eigenvalue weighted by atomic mass is 9.80. The number of aromatic nitrogens is 4. The van der Waals surface area contributed by atoms with Gasteiger partial charge < -0.3 is 24.9 Å². The Kier molecular flexibility index (Phi) is 10.3. The third kappa shape index (κ3) is 7.22. The average molecular weight is 733 g/mol. The van der Waals surface area contributed by atoms with Gasteiger partial charge in [-0.1, -0.05) is 53.5 Å². The van der Waals surface area contributed by atoms with Crippen LogP contribution in [0.1, 0.15) is 81.7 Å². The van der Waals surface area contributed by atoms with E-state index in [0.717, 1.165) is 87.4 Å². The lowest BCUT2D eigenvalue weighted by Gasteiger charge is -2.30. The van der Waals surface area contributed by atoms with Crippen molar-refractivity contribution in [3.8, 4) is 11.1 Å². The molecule has 2 aliphatic heterocycles. The quantitative estimate of drug-likeness (QED) is 0.167. The molecule has 2 aromatic carbocycles. The molecule has 13 heteroatoms. The van der Waals surface area contributed by atoms with E-state index in [1.165, 1.54) is 0 Å². The second-order valence-electron chi connectivity index (χ2n) is 14.1. The van der Waals surface area contributed by atoms with E-state index in [2.05, 4.69) is 20.5 Å². The molecule has 0 bridgehead atoms. The zero-order valence-corrected chi connectivity index (χ0v) is 30.5. The standard InChI is InChI=1S/C38H43Cl2N7O4/c1-45-30-13-16-41-20-28(30)42-35(45)32(48)19-24-5-3-6-25(33(24)39)26-7-4-8-27(34(26)40)44-37(49)36-43-29-21-47(18-15-31(29)46(36)2)17-14-22-9-11-23(12-10-22)38(50)51/h3-8,22-23,41H,9-21H2,1-2H3,(H,44,49)(H,50,51). The predicted molar refractivity (Wildman–Crippen MR) is 196 cm³/mol. The number of anilines is 1. The molecule has 1 saturated carbocycles. The highest BCUT2D eigenvalue weighted by Crippen LogP contribution is 2.39. The van der Waals surface area contributed by atoms with Crippen LogP contribution in [0.3, 0.4) is 0 Å². The van der Waals surface area contributed by atoms with Crippen LogP contribution in [0.5, 0.6) is 0 Å². The Hall–Kier alpha value is -4.03. The summed E-state index contributed by atoms with van der Waals surface area (Å²) in [4.78, 5) is 50.1. The fourth-order valence-electron chi connectivity index (χ4n) is 7.94. The Morgan fingerprint density at radius 3 is 2.33 bits per heavy atom. The Bertz CT molecular complexity index is 2000. The minimum Gasteiger partial charge on any atom is -0.481 e. The van der Waals surface area contributed by atoms with E-state index in [1.807, 2.05) is 53.6 Å². The van der Waals surface area contributed by atoms with Crippen molar-refractivity contribution in [2.45, 2.75) is 64.5 Å². The van der Waals surface area contributed by atoms with Crippen molar-refractivity contribution in [2.24, 2.45) is 25.9 Å². The number of hydrogen-bond acceptors (Lipinski definition) is 7. The maximum atomic E-state index is 13.6.